The number of methoxy groups -OCH3 is 1. The quantitative estimate of drug-likeness (QED) is 0.201. The summed E-state index contributed by atoms with van der Waals surface area (Å²) in [6, 6.07) is 4.71. The van der Waals surface area contributed by atoms with Gasteiger partial charge in [0.05, 0.1) is 53.4 Å². The van der Waals surface area contributed by atoms with Crippen molar-refractivity contribution in [1.82, 2.24) is 40.0 Å². The summed E-state index contributed by atoms with van der Waals surface area (Å²) >= 11 is 0. The maximum absolute atomic E-state index is 13.6. The third-order valence-corrected chi connectivity index (χ3v) is 10.6. The molecule has 13 nitrogen and oxygen atoms in total. The van der Waals surface area contributed by atoms with Gasteiger partial charge in [-0.2, -0.15) is 0 Å². The van der Waals surface area contributed by atoms with Crippen LogP contribution >= 0.6 is 0 Å². The van der Waals surface area contributed by atoms with Crippen LogP contribution in [0.2, 0.25) is 0 Å². The Labute approximate surface area is 291 Å². The second-order valence-corrected chi connectivity index (χ2v) is 14.5. The molecular formula is C37H47N9O4. The van der Waals surface area contributed by atoms with Gasteiger partial charge in [0.15, 0.2) is 0 Å². The zero-order valence-corrected chi connectivity index (χ0v) is 29.5. The first-order valence-electron chi connectivity index (χ1n) is 17.8. The lowest BCUT2D eigenvalue weighted by atomic mass is 9.96. The number of allylic oxidation sites excluding steroid dienone is 1. The van der Waals surface area contributed by atoms with Gasteiger partial charge in [0, 0.05) is 24.7 Å². The zero-order chi connectivity index (χ0) is 35.3. The molecule has 2 saturated heterocycles. The lowest BCUT2D eigenvalue weighted by Crippen LogP contribution is -2.51. The Morgan fingerprint density at radius 3 is 2.32 bits per heavy atom. The third kappa shape index (κ3) is 6.12. The molecular weight excluding hydrogens is 634 g/mol. The first-order chi connectivity index (χ1) is 24.0. The molecule has 3 aromatic heterocycles. The number of carbonyl (C=O) groups excluding carboxylic acids is 3. The molecule has 4 atom stereocenters. The summed E-state index contributed by atoms with van der Waals surface area (Å²) in [6.07, 6.45) is 8.40. The number of benzene rings is 1. The number of aromatic nitrogens is 5. The summed E-state index contributed by atoms with van der Waals surface area (Å²) in [4.78, 5) is 64.3. The van der Waals surface area contributed by atoms with Crippen molar-refractivity contribution in [3.8, 4) is 0 Å². The smallest absolute Gasteiger partial charge is 0.407 e. The van der Waals surface area contributed by atoms with Gasteiger partial charge in [0.2, 0.25) is 11.8 Å². The Morgan fingerprint density at radius 2 is 1.64 bits per heavy atom. The summed E-state index contributed by atoms with van der Waals surface area (Å²) in [5.74, 6) is 1.39. The number of rotatable bonds is 8. The predicted octanol–water partition coefficient (Wildman–Crippen LogP) is 5.01. The fourth-order valence-corrected chi connectivity index (χ4v) is 7.65. The number of ether oxygens (including phenoxy) is 1. The number of likely N-dealkylation sites (tertiary alicyclic amines) is 2. The molecule has 3 aliphatic rings. The van der Waals surface area contributed by atoms with Gasteiger partial charge in [-0.15, -0.1) is 0 Å². The number of nitrogens with one attached hydrogen (secondary N) is 3. The monoisotopic (exact) mass is 681 g/mol. The van der Waals surface area contributed by atoms with E-state index in [4.69, 9.17) is 25.4 Å². The van der Waals surface area contributed by atoms with Crippen molar-refractivity contribution in [3.05, 3.63) is 53.1 Å². The number of carbonyl (C=O) groups is 3. The van der Waals surface area contributed by atoms with E-state index in [0.717, 1.165) is 94.6 Å². The van der Waals surface area contributed by atoms with E-state index in [2.05, 4.69) is 33.5 Å². The van der Waals surface area contributed by atoms with Crippen molar-refractivity contribution in [2.24, 2.45) is 17.6 Å². The summed E-state index contributed by atoms with van der Waals surface area (Å²) in [5, 5.41) is 4.75. The molecule has 0 radical (unpaired) electrons. The number of hydrogen-bond donors (Lipinski definition) is 4. The van der Waals surface area contributed by atoms with Gasteiger partial charge < -0.3 is 35.6 Å². The minimum Gasteiger partial charge on any atom is -0.453 e. The highest BCUT2D eigenvalue weighted by Crippen LogP contribution is 2.37. The lowest BCUT2D eigenvalue weighted by molar-refractivity contribution is -0.136. The highest BCUT2D eigenvalue weighted by atomic mass is 16.5. The van der Waals surface area contributed by atoms with Gasteiger partial charge in [-0.25, -0.2) is 14.8 Å². The Morgan fingerprint density at radius 1 is 0.940 bits per heavy atom. The number of aromatic amines is 2. The number of alkyl carbamates (subject to hydrolysis) is 1. The lowest BCUT2D eigenvalue weighted by Gasteiger charge is -2.30. The van der Waals surface area contributed by atoms with Crippen LogP contribution in [-0.4, -0.2) is 84.9 Å². The van der Waals surface area contributed by atoms with Gasteiger partial charge in [-0.05, 0) is 79.5 Å². The minimum atomic E-state index is -0.678. The molecule has 1 aliphatic carbocycles. The number of H-pyrrole nitrogens is 2. The number of pyridine rings is 1. The van der Waals surface area contributed by atoms with Crippen molar-refractivity contribution in [2.45, 2.75) is 90.4 Å². The first kappa shape index (κ1) is 33.7. The highest BCUT2D eigenvalue weighted by molar-refractivity contribution is 6.04. The van der Waals surface area contributed by atoms with E-state index in [9.17, 15) is 14.4 Å². The average molecular weight is 682 g/mol. The van der Waals surface area contributed by atoms with E-state index >= 15 is 0 Å². The van der Waals surface area contributed by atoms with Gasteiger partial charge in [0.1, 0.15) is 17.7 Å². The molecule has 2 aliphatic heterocycles. The number of nitrogens with zero attached hydrogens (tertiary/aromatic N) is 5. The molecule has 5 N–H and O–H groups in total. The molecule has 1 aromatic carbocycles. The third-order valence-electron chi connectivity index (χ3n) is 10.6. The molecule has 0 spiro atoms. The molecule has 13 heteroatoms. The predicted molar refractivity (Wildman–Crippen MR) is 191 cm³/mol. The van der Waals surface area contributed by atoms with Crippen molar-refractivity contribution in [1.29, 1.82) is 0 Å². The molecule has 0 unspecified atom stereocenters. The molecule has 0 saturated carbocycles. The van der Waals surface area contributed by atoms with Gasteiger partial charge in [-0.1, -0.05) is 33.8 Å². The van der Waals surface area contributed by atoms with E-state index < -0.39 is 18.2 Å². The van der Waals surface area contributed by atoms with Crippen LogP contribution in [0.3, 0.4) is 0 Å². The molecule has 50 heavy (non-hydrogen) atoms. The van der Waals surface area contributed by atoms with Crippen LogP contribution in [0, 0.1) is 11.8 Å². The van der Waals surface area contributed by atoms with Gasteiger partial charge in [0.25, 0.3) is 0 Å². The van der Waals surface area contributed by atoms with E-state index in [1.54, 1.807) is 0 Å². The fourth-order valence-electron chi connectivity index (χ4n) is 7.65. The van der Waals surface area contributed by atoms with Crippen LogP contribution in [0.4, 0.5) is 4.79 Å². The molecule has 5 heterocycles. The average Bonchev–Trinajstić information content (AvgIpc) is 3.93. The Balaban J connectivity index is 1.12. The number of amides is 3. The summed E-state index contributed by atoms with van der Waals surface area (Å²) in [7, 11) is 1.30. The summed E-state index contributed by atoms with van der Waals surface area (Å²) in [6.45, 7) is 9.07. The highest BCUT2D eigenvalue weighted by Gasteiger charge is 2.38. The van der Waals surface area contributed by atoms with E-state index in [1.165, 1.54) is 7.11 Å². The van der Waals surface area contributed by atoms with Crippen LogP contribution < -0.4 is 11.1 Å². The van der Waals surface area contributed by atoms with Crippen molar-refractivity contribution in [3.63, 3.8) is 0 Å². The van der Waals surface area contributed by atoms with E-state index in [0.29, 0.717) is 13.1 Å². The largest absolute Gasteiger partial charge is 0.453 e. The topological polar surface area (TPSA) is 175 Å². The second kappa shape index (κ2) is 13.5. The molecule has 4 aromatic rings. The molecule has 0 bridgehead atoms. The summed E-state index contributed by atoms with van der Waals surface area (Å²) in [5.41, 5.74) is 12.0. The fraction of sp³-hybridized carbons (Fsp3) is 0.514. The first-order valence-corrected chi connectivity index (χ1v) is 17.8. The Hall–Kier alpha value is -4.78. The van der Waals surface area contributed by atoms with Gasteiger partial charge in [-0.3, -0.25) is 14.6 Å². The summed E-state index contributed by atoms with van der Waals surface area (Å²) < 4.78 is 4.77. The normalized spacial score (nSPS) is 20.4. The van der Waals surface area contributed by atoms with Crippen molar-refractivity contribution < 1.29 is 19.1 Å². The number of aryl methyl sites for hydroxylation is 1. The van der Waals surface area contributed by atoms with Crippen LogP contribution in [0.1, 0.15) is 101 Å². The second-order valence-electron chi connectivity index (χ2n) is 14.5. The molecule has 264 valence electrons. The minimum absolute atomic E-state index is 0.0193. The molecule has 2 fully saturated rings. The number of fused-ring (bicyclic) bond motifs is 4. The molecule has 7 rings (SSSR count). The van der Waals surface area contributed by atoms with Gasteiger partial charge >= 0.3 is 6.09 Å². The SMILES string of the molecule is COC(=O)N[C@H](C(=O)N1CCC[C@H]1c1nc2c([nH]1)C=C(c1cc3ccc4nc([C@@H]5CCCN5C(=O)[C@@H](N)C(C)C)[nH]c4c3cn1)CC2)C(C)C. The van der Waals surface area contributed by atoms with Crippen LogP contribution in [0.5, 0.6) is 0 Å². The number of imidazole rings is 2. The zero-order valence-electron chi connectivity index (χ0n) is 29.5. The van der Waals surface area contributed by atoms with Crippen LogP contribution in [0.25, 0.3) is 33.5 Å². The molecule has 3 amide bonds. The number of nitrogens with two attached hydrogens (primary N) is 1. The van der Waals surface area contributed by atoms with Crippen LogP contribution in [0.15, 0.2) is 24.4 Å². The van der Waals surface area contributed by atoms with E-state index in [-0.39, 0.29) is 35.7 Å². The maximum Gasteiger partial charge on any atom is 0.407 e. The van der Waals surface area contributed by atoms with Crippen molar-refractivity contribution in [2.75, 3.05) is 20.2 Å². The standard InChI is InChI=1S/C37H47N9O4/c1-19(2)30(38)35(47)45-14-6-9-29(45)34-41-25-13-10-21-16-26(39-18-23(21)32(25)43-34)22-11-12-24-27(17-22)42-33(40-24)28-8-7-15-46(28)36(48)31(20(3)4)44-37(49)50-5/h10,13,16-20,28-31H,6-9,11-12,14-15,38H2,1-5H3,(H,40,42)(H,41,43)(H,44,49)/t28-,29-,30-,31-/m0/s1. The van der Waals surface area contributed by atoms with E-state index in [1.807, 2.05) is 49.8 Å². The number of hydrogen-bond acceptors (Lipinski definition) is 8. The Bertz CT molecular complexity index is 1980. The Kier molecular flexibility index (Phi) is 9.10. The van der Waals surface area contributed by atoms with Crippen molar-refractivity contribution >= 4 is 51.4 Å². The van der Waals surface area contributed by atoms with Crippen LogP contribution in [-0.2, 0) is 20.7 Å². The maximum atomic E-state index is 13.6.